The second kappa shape index (κ2) is 7.17. The van der Waals surface area contributed by atoms with Crippen LogP contribution in [0.25, 0.3) is 11.4 Å². The van der Waals surface area contributed by atoms with Gasteiger partial charge in [0, 0.05) is 12.1 Å². The number of aliphatic hydroxyl groups excluding tert-OH is 1. The van der Waals surface area contributed by atoms with Crippen LogP contribution in [0, 0.1) is 0 Å². The summed E-state index contributed by atoms with van der Waals surface area (Å²) in [5.74, 6) is 1.71. The fourth-order valence-corrected chi connectivity index (χ4v) is 3.45. The van der Waals surface area contributed by atoms with E-state index in [1.165, 1.54) is 12.0 Å². The number of benzene rings is 2. The van der Waals surface area contributed by atoms with Crippen molar-refractivity contribution in [2.24, 2.45) is 0 Å². The van der Waals surface area contributed by atoms with Crippen LogP contribution in [0.2, 0.25) is 0 Å². The molecule has 0 saturated carbocycles. The molecule has 0 bridgehead atoms. The van der Waals surface area contributed by atoms with Crippen LogP contribution in [0.3, 0.4) is 0 Å². The highest BCUT2D eigenvalue weighted by Crippen LogP contribution is 2.32. The Morgan fingerprint density at radius 2 is 1.80 bits per heavy atom. The van der Waals surface area contributed by atoms with Gasteiger partial charge in [0.25, 0.3) is 0 Å². The third-order valence-corrected chi connectivity index (χ3v) is 4.81. The number of hydrogen-bond acceptors (Lipinski definition) is 4. The van der Waals surface area contributed by atoms with E-state index in [1.807, 2.05) is 42.5 Å². The third kappa shape index (κ3) is 3.48. The number of aromatic nitrogens is 3. The summed E-state index contributed by atoms with van der Waals surface area (Å²) in [5, 5.41) is 16.7. The average Bonchev–Trinajstić information content (AvgIpc) is 3.32. The Bertz CT molecular complexity index is 813. The molecular weight excluding hydrogens is 312 g/mol. The number of rotatable bonds is 5. The van der Waals surface area contributed by atoms with Crippen molar-refractivity contribution in [1.29, 1.82) is 0 Å². The van der Waals surface area contributed by atoms with Crippen LogP contribution in [0.5, 0.6) is 0 Å². The van der Waals surface area contributed by atoms with Gasteiger partial charge in [-0.2, -0.15) is 5.10 Å². The molecule has 4 rings (SSSR count). The fourth-order valence-electron chi connectivity index (χ4n) is 3.45. The van der Waals surface area contributed by atoms with Gasteiger partial charge in [0.05, 0.1) is 12.6 Å². The van der Waals surface area contributed by atoms with E-state index in [-0.39, 0.29) is 12.6 Å². The van der Waals surface area contributed by atoms with Gasteiger partial charge in [-0.15, -0.1) is 0 Å². The number of likely N-dealkylation sites (tertiary alicyclic amines) is 1. The minimum atomic E-state index is 0.0902. The molecule has 2 N–H and O–H groups in total. The van der Waals surface area contributed by atoms with Gasteiger partial charge >= 0.3 is 0 Å². The standard InChI is InChI=1S/C20H22N4O/c25-14-16-10-8-15(9-11-16)13-24-12-4-7-18(24)20-21-19(22-23-20)17-5-2-1-3-6-17/h1-3,5-6,8-11,18,25H,4,7,12-14H2,(H,21,22,23). The van der Waals surface area contributed by atoms with Crippen molar-refractivity contribution in [2.75, 3.05) is 6.54 Å². The number of nitrogens with zero attached hydrogens (tertiary/aromatic N) is 3. The lowest BCUT2D eigenvalue weighted by molar-refractivity contribution is 0.240. The molecule has 1 saturated heterocycles. The smallest absolute Gasteiger partial charge is 0.181 e. The maximum Gasteiger partial charge on any atom is 0.181 e. The molecule has 0 amide bonds. The highest BCUT2D eigenvalue weighted by Gasteiger charge is 2.28. The maximum atomic E-state index is 9.17. The number of nitrogens with one attached hydrogen (secondary N) is 1. The summed E-state index contributed by atoms with van der Waals surface area (Å²) in [6.45, 7) is 2.04. The first-order valence-corrected chi connectivity index (χ1v) is 8.74. The predicted molar refractivity (Wildman–Crippen MR) is 96.6 cm³/mol. The number of H-pyrrole nitrogens is 1. The van der Waals surface area contributed by atoms with Gasteiger partial charge in [0.2, 0.25) is 0 Å². The van der Waals surface area contributed by atoms with Crippen molar-refractivity contribution < 1.29 is 5.11 Å². The van der Waals surface area contributed by atoms with Crippen molar-refractivity contribution in [3.63, 3.8) is 0 Å². The molecule has 25 heavy (non-hydrogen) atoms. The van der Waals surface area contributed by atoms with Crippen LogP contribution in [0.1, 0.15) is 35.8 Å². The lowest BCUT2D eigenvalue weighted by Crippen LogP contribution is -2.23. The summed E-state index contributed by atoms with van der Waals surface area (Å²) >= 11 is 0. The minimum absolute atomic E-state index is 0.0902. The minimum Gasteiger partial charge on any atom is -0.392 e. The number of hydrogen-bond donors (Lipinski definition) is 2. The Labute approximate surface area is 147 Å². The summed E-state index contributed by atoms with van der Waals surface area (Å²) in [7, 11) is 0. The Morgan fingerprint density at radius 1 is 1.04 bits per heavy atom. The molecule has 1 atom stereocenters. The van der Waals surface area contributed by atoms with Gasteiger partial charge in [0.1, 0.15) is 5.82 Å². The van der Waals surface area contributed by atoms with E-state index >= 15 is 0 Å². The van der Waals surface area contributed by atoms with E-state index in [0.717, 1.165) is 42.3 Å². The summed E-state index contributed by atoms with van der Waals surface area (Å²) in [6, 6.07) is 18.5. The van der Waals surface area contributed by atoms with Crippen LogP contribution in [-0.4, -0.2) is 31.7 Å². The second-order valence-electron chi connectivity index (χ2n) is 6.51. The topological polar surface area (TPSA) is 65.0 Å². The molecule has 1 aliphatic rings. The van der Waals surface area contributed by atoms with Gasteiger partial charge in [-0.3, -0.25) is 10.00 Å². The molecule has 1 unspecified atom stereocenters. The Morgan fingerprint density at radius 3 is 2.56 bits per heavy atom. The van der Waals surface area contributed by atoms with Crippen LogP contribution >= 0.6 is 0 Å². The largest absolute Gasteiger partial charge is 0.392 e. The van der Waals surface area contributed by atoms with E-state index in [9.17, 15) is 0 Å². The quantitative estimate of drug-likeness (QED) is 0.751. The molecule has 128 valence electrons. The summed E-state index contributed by atoms with van der Waals surface area (Å²) in [5.41, 5.74) is 3.24. The molecule has 2 heterocycles. The van der Waals surface area contributed by atoms with Crippen LogP contribution in [0.4, 0.5) is 0 Å². The summed E-state index contributed by atoms with van der Waals surface area (Å²) < 4.78 is 0. The first-order valence-electron chi connectivity index (χ1n) is 8.74. The normalized spacial score (nSPS) is 17.9. The summed E-state index contributed by atoms with van der Waals surface area (Å²) in [4.78, 5) is 7.19. The fraction of sp³-hybridized carbons (Fsp3) is 0.300. The van der Waals surface area contributed by atoms with E-state index in [2.05, 4.69) is 27.2 Å². The lowest BCUT2D eigenvalue weighted by Gasteiger charge is -2.22. The lowest BCUT2D eigenvalue weighted by atomic mass is 10.1. The third-order valence-electron chi connectivity index (χ3n) is 4.81. The zero-order chi connectivity index (χ0) is 17.1. The zero-order valence-electron chi connectivity index (χ0n) is 14.1. The molecule has 1 aromatic heterocycles. The van der Waals surface area contributed by atoms with Crippen molar-refractivity contribution in [3.05, 3.63) is 71.5 Å². The van der Waals surface area contributed by atoms with Gasteiger partial charge in [-0.05, 0) is 30.5 Å². The van der Waals surface area contributed by atoms with Crippen LogP contribution in [0.15, 0.2) is 54.6 Å². The first kappa shape index (κ1) is 16.0. The van der Waals surface area contributed by atoms with Crippen molar-refractivity contribution in [3.8, 4) is 11.4 Å². The van der Waals surface area contributed by atoms with E-state index in [0.29, 0.717) is 0 Å². The molecular formula is C20H22N4O. The molecule has 3 aromatic rings. The predicted octanol–water partition coefficient (Wildman–Crippen LogP) is 3.30. The molecule has 0 radical (unpaired) electrons. The first-order chi connectivity index (χ1) is 12.3. The Kier molecular flexibility index (Phi) is 4.59. The van der Waals surface area contributed by atoms with Crippen molar-refractivity contribution >= 4 is 0 Å². The zero-order valence-corrected chi connectivity index (χ0v) is 14.1. The molecule has 5 heteroatoms. The van der Waals surface area contributed by atoms with E-state index < -0.39 is 0 Å². The molecule has 0 spiro atoms. The molecule has 5 nitrogen and oxygen atoms in total. The van der Waals surface area contributed by atoms with Gasteiger partial charge in [-0.25, -0.2) is 4.98 Å². The molecule has 1 aliphatic heterocycles. The molecule has 1 fully saturated rings. The SMILES string of the molecule is OCc1ccc(CN2CCCC2c2nc(-c3ccccc3)n[nH]2)cc1. The molecule has 0 aliphatic carbocycles. The van der Waals surface area contributed by atoms with Gasteiger partial charge < -0.3 is 5.11 Å². The Hall–Kier alpha value is -2.50. The van der Waals surface area contributed by atoms with Crippen molar-refractivity contribution in [2.45, 2.75) is 32.0 Å². The van der Waals surface area contributed by atoms with Crippen LogP contribution in [-0.2, 0) is 13.2 Å². The number of aromatic amines is 1. The summed E-state index contributed by atoms with van der Waals surface area (Å²) in [6.07, 6.45) is 2.26. The maximum absolute atomic E-state index is 9.17. The molecule has 2 aromatic carbocycles. The number of aliphatic hydroxyl groups is 1. The van der Waals surface area contributed by atoms with Crippen molar-refractivity contribution in [1.82, 2.24) is 20.1 Å². The highest BCUT2D eigenvalue weighted by molar-refractivity contribution is 5.53. The van der Waals surface area contributed by atoms with Crippen LogP contribution < -0.4 is 0 Å². The average molecular weight is 334 g/mol. The highest BCUT2D eigenvalue weighted by atomic mass is 16.3. The van der Waals surface area contributed by atoms with Gasteiger partial charge in [-0.1, -0.05) is 54.6 Å². The van der Waals surface area contributed by atoms with Gasteiger partial charge in [0.15, 0.2) is 5.82 Å². The van der Waals surface area contributed by atoms with E-state index in [1.54, 1.807) is 0 Å². The second-order valence-corrected chi connectivity index (χ2v) is 6.51. The Balaban J connectivity index is 1.50. The van der Waals surface area contributed by atoms with E-state index in [4.69, 9.17) is 10.1 Å². The monoisotopic (exact) mass is 334 g/mol.